The Morgan fingerprint density at radius 2 is 1.61 bits per heavy atom. The zero-order valence-corrected chi connectivity index (χ0v) is 23.3. The number of benzene rings is 3. The van der Waals surface area contributed by atoms with E-state index in [1.807, 2.05) is 66.4 Å². The summed E-state index contributed by atoms with van der Waals surface area (Å²) in [6.45, 7) is 2.94. The van der Waals surface area contributed by atoms with Crippen molar-refractivity contribution in [2.24, 2.45) is 10.1 Å². The molecular formula is C31H28N6O3S. The molecular weight excluding hydrogens is 536 g/mol. The van der Waals surface area contributed by atoms with E-state index in [9.17, 15) is 13.2 Å². The largest absolute Gasteiger partial charge is 0.369 e. The SMILES string of the molecule is Cc1cc(N(CCC#N)CCC#N)ccc1/C=C1N=C(/C=C/c2ccccc2)N(c2ccc(S(N)(=O)=O)cc2)C\1=O. The van der Waals surface area contributed by atoms with Crippen LogP contribution in [0.3, 0.4) is 0 Å². The van der Waals surface area contributed by atoms with E-state index in [0.717, 1.165) is 22.4 Å². The number of nitrogens with two attached hydrogens (primary N) is 1. The van der Waals surface area contributed by atoms with Crippen molar-refractivity contribution in [1.82, 2.24) is 0 Å². The first-order chi connectivity index (χ1) is 19.7. The van der Waals surface area contributed by atoms with Gasteiger partial charge in [0.25, 0.3) is 5.91 Å². The second kappa shape index (κ2) is 12.9. The van der Waals surface area contributed by atoms with Crippen LogP contribution in [0.4, 0.5) is 11.4 Å². The lowest BCUT2D eigenvalue weighted by Gasteiger charge is -2.23. The summed E-state index contributed by atoms with van der Waals surface area (Å²) in [5.74, 6) is 0.0103. The van der Waals surface area contributed by atoms with Gasteiger partial charge in [-0.1, -0.05) is 42.5 Å². The molecule has 3 aromatic rings. The smallest absolute Gasteiger partial charge is 0.282 e. The van der Waals surface area contributed by atoms with Crippen molar-refractivity contribution in [1.29, 1.82) is 10.5 Å². The number of aryl methyl sites for hydroxylation is 1. The minimum absolute atomic E-state index is 0.0590. The Morgan fingerprint density at radius 3 is 2.20 bits per heavy atom. The first-order valence-electron chi connectivity index (χ1n) is 12.8. The third-order valence-corrected chi connectivity index (χ3v) is 7.36. The van der Waals surface area contributed by atoms with E-state index >= 15 is 0 Å². The number of sulfonamides is 1. The Balaban J connectivity index is 1.70. The molecule has 9 nitrogen and oxygen atoms in total. The van der Waals surface area contributed by atoms with Crippen LogP contribution in [0.25, 0.3) is 12.2 Å². The number of carbonyl (C=O) groups excluding carboxylic acids is 1. The third-order valence-electron chi connectivity index (χ3n) is 6.43. The number of aliphatic imine (C=N–C) groups is 1. The van der Waals surface area contributed by atoms with Crippen LogP contribution in [-0.4, -0.2) is 33.3 Å². The predicted molar refractivity (Wildman–Crippen MR) is 160 cm³/mol. The molecule has 2 N–H and O–H groups in total. The number of amidine groups is 1. The van der Waals surface area contributed by atoms with E-state index in [1.165, 1.54) is 29.2 Å². The minimum atomic E-state index is -3.89. The fourth-order valence-corrected chi connectivity index (χ4v) is 4.84. The second-order valence-corrected chi connectivity index (χ2v) is 10.8. The average molecular weight is 565 g/mol. The zero-order chi connectivity index (χ0) is 29.4. The Labute approximate surface area is 239 Å². The van der Waals surface area contributed by atoms with E-state index in [0.29, 0.717) is 37.5 Å². The normalized spacial score (nSPS) is 14.2. The van der Waals surface area contributed by atoms with Gasteiger partial charge < -0.3 is 4.90 Å². The molecule has 4 rings (SSSR count). The van der Waals surface area contributed by atoms with Crippen molar-refractivity contribution in [2.75, 3.05) is 22.9 Å². The number of hydrogen-bond acceptors (Lipinski definition) is 7. The van der Waals surface area contributed by atoms with Gasteiger partial charge in [0.1, 0.15) is 11.5 Å². The maximum atomic E-state index is 13.6. The van der Waals surface area contributed by atoms with Gasteiger partial charge in [0.15, 0.2) is 0 Å². The molecule has 41 heavy (non-hydrogen) atoms. The van der Waals surface area contributed by atoms with Crippen LogP contribution < -0.4 is 14.9 Å². The second-order valence-electron chi connectivity index (χ2n) is 9.27. The highest BCUT2D eigenvalue weighted by Crippen LogP contribution is 2.28. The summed E-state index contributed by atoms with van der Waals surface area (Å²) in [7, 11) is -3.89. The van der Waals surface area contributed by atoms with Gasteiger partial charge in [0.2, 0.25) is 10.0 Å². The van der Waals surface area contributed by atoms with Gasteiger partial charge in [-0.25, -0.2) is 18.5 Å². The van der Waals surface area contributed by atoms with E-state index in [2.05, 4.69) is 17.1 Å². The highest BCUT2D eigenvalue weighted by Gasteiger charge is 2.30. The van der Waals surface area contributed by atoms with Gasteiger partial charge in [-0.3, -0.25) is 9.69 Å². The van der Waals surface area contributed by atoms with Crippen molar-refractivity contribution < 1.29 is 13.2 Å². The van der Waals surface area contributed by atoms with E-state index in [-0.39, 0.29) is 16.5 Å². The summed E-state index contributed by atoms with van der Waals surface area (Å²) in [6.07, 6.45) is 5.97. The van der Waals surface area contributed by atoms with Crippen molar-refractivity contribution in [3.63, 3.8) is 0 Å². The molecule has 0 radical (unpaired) electrons. The topological polar surface area (TPSA) is 144 Å². The zero-order valence-electron chi connectivity index (χ0n) is 22.4. The van der Waals surface area contributed by atoms with Gasteiger partial charge in [0, 0.05) is 18.8 Å². The van der Waals surface area contributed by atoms with Gasteiger partial charge in [-0.15, -0.1) is 0 Å². The van der Waals surface area contributed by atoms with E-state index in [4.69, 9.17) is 15.7 Å². The average Bonchev–Trinajstić information content (AvgIpc) is 3.27. The molecule has 0 bridgehead atoms. The molecule has 0 saturated heterocycles. The lowest BCUT2D eigenvalue weighted by molar-refractivity contribution is -0.113. The molecule has 206 valence electrons. The Bertz CT molecular complexity index is 1700. The quantitative estimate of drug-likeness (QED) is 0.351. The molecule has 0 saturated carbocycles. The van der Waals surface area contributed by atoms with Crippen LogP contribution in [0.1, 0.15) is 29.5 Å². The molecule has 1 aliphatic heterocycles. The number of nitriles is 2. The number of anilines is 2. The molecule has 0 aromatic heterocycles. The molecule has 10 heteroatoms. The van der Waals surface area contributed by atoms with Gasteiger partial charge in [0.05, 0.1) is 35.6 Å². The third kappa shape index (κ3) is 7.14. The maximum Gasteiger partial charge on any atom is 0.282 e. The standard InChI is InChI=1S/C31H28N6O3S/c1-23-21-27(36(19-5-17-32)20-6-18-33)11-10-25(23)22-29-31(38)37(26-12-14-28(15-13-26)41(34,39)40)30(35-29)16-9-24-7-3-2-4-8-24/h2-4,7-16,21-22H,5-6,19-20H2,1H3,(H2,34,39,40)/b16-9+,29-22-. The molecule has 3 aromatic carbocycles. The minimum Gasteiger partial charge on any atom is -0.369 e. The number of amides is 1. The highest BCUT2D eigenvalue weighted by molar-refractivity contribution is 7.89. The summed E-state index contributed by atoms with van der Waals surface area (Å²) < 4.78 is 23.5. The lowest BCUT2D eigenvalue weighted by atomic mass is 10.1. The van der Waals surface area contributed by atoms with Gasteiger partial charge >= 0.3 is 0 Å². The summed E-state index contributed by atoms with van der Waals surface area (Å²) in [6, 6.07) is 25.4. The summed E-state index contributed by atoms with van der Waals surface area (Å²) >= 11 is 0. The van der Waals surface area contributed by atoms with E-state index in [1.54, 1.807) is 12.2 Å². The van der Waals surface area contributed by atoms with Crippen molar-refractivity contribution in [3.8, 4) is 12.1 Å². The van der Waals surface area contributed by atoms with Gasteiger partial charge in [-0.05, 0) is 72.2 Å². The van der Waals surface area contributed by atoms with Crippen LogP contribution in [0, 0.1) is 29.6 Å². The maximum absolute atomic E-state index is 13.6. The lowest BCUT2D eigenvalue weighted by Crippen LogP contribution is -2.30. The number of carbonyl (C=O) groups is 1. The molecule has 0 spiro atoms. The molecule has 1 heterocycles. The Hall–Kier alpha value is -5.03. The molecule has 0 aliphatic carbocycles. The molecule has 1 aliphatic rings. The summed E-state index contributed by atoms with van der Waals surface area (Å²) in [4.78, 5) is 21.6. The monoisotopic (exact) mass is 564 g/mol. The Kier molecular flexibility index (Phi) is 9.10. The van der Waals surface area contributed by atoms with Crippen LogP contribution in [0.5, 0.6) is 0 Å². The molecule has 0 unspecified atom stereocenters. The number of rotatable bonds is 10. The highest BCUT2D eigenvalue weighted by atomic mass is 32.2. The fourth-order valence-electron chi connectivity index (χ4n) is 4.32. The first kappa shape index (κ1) is 29.0. The van der Waals surface area contributed by atoms with Crippen LogP contribution in [0.2, 0.25) is 0 Å². The first-order valence-corrected chi connectivity index (χ1v) is 14.4. The van der Waals surface area contributed by atoms with E-state index < -0.39 is 10.0 Å². The Morgan fingerprint density at radius 1 is 0.951 bits per heavy atom. The fraction of sp³-hybridized carbons (Fsp3) is 0.161. The van der Waals surface area contributed by atoms with Crippen molar-refractivity contribution in [3.05, 3.63) is 101 Å². The predicted octanol–water partition coefficient (Wildman–Crippen LogP) is 4.78. The summed E-state index contributed by atoms with van der Waals surface area (Å²) in [5.41, 5.74) is 4.16. The van der Waals surface area contributed by atoms with Crippen LogP contribution in [-0.2, 0) is 14.8 Å². The molecule has 0 atom stereocenters. The van der Waals surface area contributed by atoms with Crippen molar-refractivity contribution in [2.45, 2.75) is 24.7 Å². The van der Waals surface area contributed by atoms with Gasteiger partial charge in [-0.2, -0.15) is 10.5 Å². The molecule has 0 fully saturated rings. The van der Waals surface area contributed by atoms with Crippen LogP contribution in [0.15, 0.2) is 94.5 Å². The number of nitrogens with zero attached hydrogens (tertiary/aromatic N) is 5. The number of hydrogen-bond donors (Lipinski definition) is 1. The van der Waals surface area contributed by atoms with Crippen LogP contribution >= 0.6 is 0 Å². The molecule has 1 amide bonds. The summed E-state index contributed by atoms with van der Waals surface area (Å²) in [5, 5.41) is 23.3. The van der Waals surface area contributed by atoms with Crippen molar-refractivity contribution >= 4 is 45.3 Å². The number of primary sulfonamides is 1.